The van der Waals surface area contributed by atoms with Crippen molar-refractivity contribution in [1.29, 1.82) is 0 Å². The lowest BCUT2D eigenvalue weighted by Gasteiger charge is -2.28. The van der Waals surface area contributed by atoms with Gasteiger partial charge in [-0.1, -0.05) is 19.3 Å². The van der Waals surface area contributed by atoms with Gasteiger partial charge in [0.2, 0.25) is 0 Å². The fourth-order valence-corrected chi connectivity index (χ4v) is 2.41. The maximum atomic E-state index is 11.0. The number of rotatable bonds is 4. The van der Waals surface area contributed by atoms with Crippen molar-refractivity contribution in [3.05, 3.63) is 32.0 Å². The zero-order chi connectivity index (χ0) is 13.8. The average molecular weight is 252 g/mol. The van der Waals surface area contributed by atoms with E-state index in [0.29, 0.717) is 12.8 Å². The smallest absolute Gasteiger partial charge is 0.330 e. The standard InChI is InChI=1S/C10H12N4O4/c11-6-8(13(15)16)10(4-2-1-3-5-10)9(7-12)14(17)18/h1-5H2,(H,15,16)(H,17,18). The quantitative estimate of drug-likeness (QED) is 0.581. The largest absolute Gasteiger partial charge is 0.758 e. The van der Waals surface area contributed by atoms with Crippen LogP contribution in [0.25, 0.3) is 10.8 Å². The molecule has 0 radical (unpaired) electrons. The Morgan fingerprint density at radius 3 is 1.61 bits per heavy atom. The average Bonchev–Trinajstić information content (AvgIpc) is 2.30. The van der Waals surface area contributed by atoms with Gasteiger partial charge in [0.05, 0.1) is 9.81 Å². The molecule has 2 N–H and O–H groups in total. The summed E-state index contributed by atoms with van der Waals surface area (Å²) < 4.78 is 0. The van der Waals surface area contributed by atoms with Gasteiger partial charge in [0, 0.05) is 0 Å². The third-order valence-corrected chi connectivity index (χ3v) is 3.21. The molecule has 0 bridgehead atoms. The first kappa shape index (κ1) is 13.8. The van der Waals surface area contributed by atoms with Crippen molar-refractivity contribution in [3.63, 3.8) is 0 Å². The lowest BCUT2D eigenvalue weighted by Crippen LogP contribution is -2.36. The van der Waals surface area contributed by atoms with Crippen LogP contribution in [-0.4, -0.2) is 32.0 Å². The summed E-state index contributed by atoms with van der Waals surface area (Å²) in [5.41, 5.74) is -2.79. The van der Waals surface area contributed by atoms with Crippen molar-refractivity contribution >= 4 is 11.7 Å². The van der Waals surface area contributed by atoms with Gasteiger partial charge in [-0.3, -0.25) is 0 Å². The third kappa shape index (κ3) is 2.20. The van der Waals surface area contributed by atoms with Crippen molar-refractivity contribution in [1.82, 2.24) is 0 Å². The number of hydrogen-bond acceptors (Lipinski definition) is 2. The molecule has 0 saturated heterocycles. The van der Waals surface area contributed by atoms with Crippen LogP contribution < -0.4 is 0 Å². The Morgan fingerprint density at radius 1 is 0.944 bits per heavy atom. The first-order valence-corrected chi connectivity index (χ1v) is 5.37. The van der Waals surface area contributed by atoms with Gasteiger partial charge in [-0.15, -0.1) is 0 Å². The predicted octanol–water partition coefficient (Wildman–Crippen LogP) is 1.52. The van der Waals surface area contributed by atoms with Crippen molar-refractivity contribution < 1.29 is 20.3 Å². The minimum absolute atomic E-state index is 0.178. The molecule has 8 nitrogen and oxygen atoms in total. The first-order chi connectivity index (χ1) is 8.49. The molecule has 1 aliphatic rings. The van der Waals surface area contributed by atoms with Crippen LogP contribution in [0.5, 0.6) is 0 Å². The van der Waals surface area contributed by atoms with Crippen molar-refractivity contribution in [2.75, 3.05) is 0 Å². The van der Waals surface area contributed by atoms with Crippen LogP contribution in [-0.2, 0) is 0 Å². The van der Waals surface area contributed by atoms with Gasteiger partial charge in [-0.2, -0.15) is 11.7 Å². The molecule has 0 amide bonds. The first-order valence-electron chi connectivity index (χ1n) is 5.37. The molecule has 1 fully saturated rings. The van der Waals surface area contributed by atoms with E-state index in [2.05, 4.69) is 0 Å². The van der Waals surface area contributed by atoms with E-state index >= 15 is 0 Å². The van der Waals surface area contributed by atoms with Gasteiger partial charge >= 0.3 is 11.4 Å². The Morgan fingerprint density at radius 2 is 1.33 bits per heavy atom. The van der Waals surface area contributed by atoms with Crippen molar-refractivity contribution in [2.24, 2.45) is 5.41 Å². The van der Waals surface area contributed by atoms with Crippen LogP contribution in [0.3, 0.4) is 0 Å². The molecule has 1 aliphatic carbocycles. The maximum Gasteiger partial charge on any atom is 0.330 e. The molecule has 0 aromatic carbocycles. The number of hydrogen-bond donors (Lipinski definition) is 2. The lowest BCUT2D eigenvalue weighted by atomic mass is 9.70. The zero-order valence-electron chi connectivity index (χ0n) is 9.54. The molecule has 0 aromatic heterocycles. The van der Waals surface area contributed by atoms with Crippen LogP contribution >= 0.6 is 0 Å². The monoisotopic (exact) mass is 252 g/mol. The Kier molecular flexibility index (Phi) is 4.09. The molecule has 1 saturated carbocycles. The highest BCUT2D eigenvalue weighted by atomic mass is 16.6. The van der Waals surface area contributed by atoms with Crippen molar-refractivity contribution in [2.45, 2.75) is 32.1 Å². The fraction of sp³-hybridized carbons (Fsp3) is 0.600. The second-order valence-corrected chi connectivity index (χ2v) is 4.11. The fourth-order valence-electron chi connectivity index (χ4n) is 2.41. The molecule has 0 spiro atoms. The summed E-state index contributed by atoms with van der Waals surface area (Å²) in [5.74, 6) is 3.03. The summed E-state index contributed by atoms with van der Waals surface area (Å²) in [4.78, 5) is 20.8. The van der Waals surface area contributed by atoms with E-state index in [4.69, 9.17) is 21.2 Å². The summed E-state index contributed by atoms with van der Waals surface area (Å²) in [6.45, 7) is 0. The van der Waals surface area contributed by atoms with Crippen molar-refractivity contribution in [3.8, 4) is 0 Å². The Labute approximate surface area is 102 Å². The Bertz CT molecular complexity index is 442. The molecule has 8 heteroatoms. The minimum atomic E-state index is -1.51. The molecule has 1 rings (SSSR count). The van der Waals surface area contributed by atoms with E-state index < -0.39 is 26.7 Å². The molecule has 0 aromatic rings. The normalized spacial score (nSPS) is 17.1. The second kappa shape index (κ2) is 5.35. The van der Waals surface area contributed by atoms with Crippen LogP contribution in [0.1, 0.15) is 32.1 Å². The van der Waals surface area contributed by atoms with Gasteiger partial charge in [0.1, 0.15) is 0 Å². The van der Waals surface area contributed by atoms with E-state index in [9.17, 15) is 9.81 Å². The summed E-state index contributed by atoms with van der Waals surface area (Å²) in [6.07, 6.45) is 2.35. The summed E-state index contributed by atoms with van der Waals surface area (Å²) >= 11 is 0. The molecule has 18 heavy (non-hydrogen) atoms. The maximum absolute atomic E-state index is 11.0. The highest BCUT2D eigenvalue weighted by molar-refractivity contribution is 5.67. The van der Waals surface area contributed by atoms with E-state index in [1.165, 1.54) is 11.7 Å². The molecule has 0 unspecified atom stereocenters. The van der Waals surface area contributed by atoms with E-state index in [1.54, 1.807) is 0 Å². The highest BCUT2D eigenvalue weighted by Crippen LogP contribution is 2.46. The predicted molar refractivity (Wildman–Crippen MR) is 60.1 cm³/mol. The molecule has 0 atom stereocenters. The van der Waals surface area contributed by atoms with Crippen LogP contribution in [0.15, 0.2) is 11.4 Å². The topological polar surface area (TPSA) is 125 Å². The van der Waals surface area contributed by atoms with Gasteiger partial charge < -0.3 is 10.8 Å². The zero-order valence-corrected chi connectivity index (χ0v) is 9.54. The van der Waals surface area contributed by atoms with Crippen LogP contribution in [0, 0.1) is 15.2 Å². The second-order valence-electron chi connectivity index (χ2n) is 4.11. The lowest BCUT2D eigenvalue weighted by molar-refractivity contribution is -0.777. The van der Waals surface area contributed by atoms with E-state index in [0.717, 1.165) is 6.42 Å². The van der Waals surface area contributed by atoms with Crippen LogP contribution in [0.2, 0.25) is 0 Å². The molecule has 0 aliphatic heterocycles. The summed E-state index contributed by atoms with van der Waals surface area (Å²) in [5, 5.41) is 35.8. The molecular weight excluding hydrogens is 240 g/mol. The van der Waals surface area contributed by atoms with Gasteiger partial charge in [0.15, 0.2) is 5.41 Å². The molecule has 96 valence electrons. The van der Waals surface area contributed by atoms with E-state index in [-0.39, 0.29) is 12.8 Å². The Hall–Kier alpha value is -2.30. The van der Waals surface area contributed by atoms with Gasteiger partial charge in [0.25, 0.3) is 9.85 Å². The molecule has 0 heterocycles. The minimum Gasteiger partial charge on any atom is -0.758 e. The Balaban J connectivity index is 3.44. The summed E-state index contributed by atoms with van der Waals surface area (Å²) in [7, 11) is 0. The van der Waals surface area contributed by atoms with Crippen LogP contribution in [0.4, 0.5) is 0 Å². The number of nitrogens with zero attached hydrogens (tertiary/aromatic N) is 4. The highest BCUT2D eigenvalue weighted by Gasteiger charge is 2.55. The SMILES string of the molecule is [N-]=C=C([N+](=O)O)C1(C(=C=[N-])[N+](=O)O)CCCCC1. The third-order valence-electron chi connectivity index (χ3n) is 3.21. The molecular formula is C10H12N4O4. The van der Waals surface area contributed by atoms with Gasteiger partial charge in [-0.05, 0) is 12.8 Å². The van der Waals surface area contributed by atoms with Gasteiger partial charge in [-0.25, -0.2) is 10.4 Å². The summed E-state index contributed by atoms with van der Waals surface area (Å²) in [6, 6.07) is 0. The van der Waals surface area contributed by atoms with E-state index in [1.807, 2.05) is 0 Å².